The summed E-state index contributed by atoms with van der Waals surface area (Å²) in [5.41, 5.74) is 2.96. The number of ether oxygens (including phenoxy) is 1. The monoisotopic (exact) mass is 338 g/mol. The molecule has 0 saturated heterocycles. The van der Waals surface area contributed by atoms with Gasteiger partial charge in [-0.2, -0.15) is 5.10 Å². The van der Waals surface area contributed by atoms with E-state index >= 15 is 0 Å². The van der Waals surface area contributed by atoms with Gasteiger partial charge in [-0.1, -0.05) is 35.3 Å². The first kappa shape index (κ1) is 16.1. The van der Waals surface area contributed by atoms with Crippen molar-refractivity contribution in [2.75, 3.05) is 6.61 Å². The lowest BCUT2D eigenvalue weighted by Crippen LogP contribution is -2.24. The number of hydrogen-bond acceptors (Lipinski definition) is 4. The SMILES string of the molecule is O=C(COc1ccc(Cl)cc1Cl)N/N=C/c1cccc(O)c1. The smallest absolute Gasteiger partial charge is 0.277 e. The summed E-state index contributed by atoms with van der Waals surface area (Å²) >= 11 is 11.7. The zero-order valence-electron chi connectivity index (χ0n) is 11.3. The second-order valence-corrected chi connectivity index (χ2v) is 5.10. The molecule has 2 rings (SSSR count). The molecule has 0 aromatic heterocycles. The van der Waals surface area contributed by atoms with Gasteiger partial charge in [-0.15, -0.1) is 0 Å². The lowest BCUT2D eigenvalue weighted by molar-refractivity contribution is -0.123. The Bertz CT molecular complexity index is 705. The quantitative estimate of drug-likeness (QED) is 0.649. The topological polar surface area (TPSA) is 70.9 Å². The molecule has 0 atom stereocenters. The van der Waals surface area contributed by atoms with Crippen molar-refractivity contribution in [3.63, 3.8) is 0 Å². The summed E-state index contributed by atoms with van der Waals surface area (Å²) in [6.45, 7) is -0.237. The number of rotatable bonds is 5. The fourth-order valence-electron chi connectivity index (χ4n) is 1.55. The number of nitrogens with one attached hydrogen (secondary N) is 1. The largest absolute Gasteiger partial charge is 0.508 e. The lowest BCUT2D eigenvalue weighted by Gasteiger charge is -2.06. The molecule has 7 heteroatoms. The third kappa shape index (κ3) is 4.95. The Labute approximate surface area is 137 Å². The Morgan fingerprint density at radius 2 is 2.09 bits per heavy atom. The number of carbonyl (C=O) groups is 1. The van der Waals surface area contributed by atoms with E-state index in [0.29, 0.717) is 21.4 Å². The molecule has 0 spiro atoms. The highest BCUT2D eigenvalue weighted by Crippen LogP contribution is 2.27. The van der Waals surface area contributed by atoms with Gasteiger partial charge in [-0.25, -0.2) is 5.43 Å². The fraction of sp³-hybridized carbons (Fsp3) is 0.0667. The van der Waals surface area contributed by atoms with Crippen molar-refractivity contribution < 1.29 is 14.6 Å². The maximum atomic E-state index is 11.6. The molecule has 114 valence electrons. The van der Waals surface area contributed by atoms with Crippen molar-refractivity contribution in [3.05, 3.63) is 58.1 Å². The van der Waals surface area contributed by atoms with Gasteiger partial charge in [0.15, 0.2) is 6.61 Å². The van der Waals surface area contributed by atoms with Crippen LogP contribution in [0.2, 0.25) is 10.0 Å². The van der Waals surface area contributed by atoms with E-state index in [1.54, 1.807) is 30.3 Å². The number of hydrogen-bond donors (Lipinski definition) is 2. The molecule has 2 aromatic rings. The molecule has 0 unspecified atom stereocenters. The van der Waals surface area contributed by atoms with E-state index in [4.69, 9.17) is 27.9 Å². The second kappa shape index (κ2) is 7.68. The first-order valence-electron chi connectivity index (χ1n) is 6.23. The number of nitrogens with zero attached hydrogens (tertiary/aromatic N) is 1. The molecule has 2 N–H and O–H groups in total. The van der Waals surface area contributed by atoms with E-state index in [0.717, 1.165) is 0 Å². The van der Waals surface area contributed by atoms with Crippen molar-refractivity contribution >= 4 is 35.3 Å². The second-order valence-electron chi connectivity index (χ2n) is 4.25. The van der Waals surface area contributed by atoms with E-state index in [-0.39, 0.29) is 12.4 Å². The van der Waals surface area contributed by atoms with E-state index in [9.17, 15) is 9.90 Å². The third-order valence-corrected chi connectivity index (χ3v) is 3.06. The Balaban J connectivity index is 1.83. The van der Waals surface area contributed by atoms with Crippen LogP contribution in [0.1, 0.15) is 5.56 Å². The Hall–Kier alpha value is -2.24. The molecule has 1 amide bonds. The molecule has 0 bridgehead atoms. The van der Waals surface area contributed by atoms with Crippen LogP contribution < -0.4 is 10.2 Å². The number of halogens is 2. The summed E-state index contributed by atoms with van der Waals surface area (Å²) in [6.07, 6.45) is 1.41. The van der Waals surface area contributed by atoms with E-state index in [1.165, 1.54) is 18.3 Å². The van der Waals surface area contributed by atoms with Crippen LogP contribution in [0.4, 0.5) is 0 Å². The van der Waals surface area contributed by atoms with Crippen LogP contribution in [-0.2, 0) is 4.79 Å². The van der Waals surface area contributed by atoms with Gasteiger partial charge in [-0.05, 0) is 35.9 Å². The minimum atomic E-state index is -0.442. The summed E-state index contributed by atoms with van der Waals surface area (Å²) in [4.78, 5) is 11.6. The Kier molecular flexibility index (Phi) is 5.63. The van der Waals surface area contributed by atoms with Gasteiger partial charge in [0.1, 0.15) is 11.5 Å². The van der Waals surface area contributed by atoms with Gasteiger partial charge < -0.3 is 9.84 Å². The Morgan fingerprint density at radius 1 is 1.27 bits per heavy atom. The zero-order valence-corrected chi connectivity index (χ0v) is 12.8. The minimum Gasteiger partial charge on any atom is -0.508 e. The minimum absolute atomic E-state index is 0.121. The normalized spacial score (nSPS) is 10.6. The maximum Gasteiger partial charge on any atom is 0.277 e. The Morgan fingerprint density at radius 3 is 2.82 bits per heavy atom. The summed E-state index contributed by atoms with van der Waals surface area (Å²) in [5, 5.41) is 13.9. The molecule has 0 saturated carbocycles. The summed E-state index contributed by atoms with van der Waals surface area (Å²) < 4.78 is 5.26. The van der Waals surface area contributed by atoms with Crippen LogP contribution in [0, 0.1) is 0 Å². The highest BCUT2D eigenvalue weighted by atomic mass is 35.5. The van der Waals surface area contributed by atoms with Crippen LogP contribution in [-0.4, -0.2) is 23.8 Å². The van der Waals surface area contributed by atoms with Crippen molar-refractivity contribution in [1.29, 1.82) is 0 Å². The first-order chi connectivity index (χ1) is 10.5. The highest BCUT2D eigenvalue weighted by molar-refractivity contribution is 6.35. The van der Waals surface area contributed by atoms with Gasteiger partial charge in [0.2, 0.25) is 0 Å². The van der Waals surface area contributed by atoms with Crippen molar-refractivity contribution in [2.45, 2.75) is 0 Å². The lowest BCUT2D eigenvalue weighted by atomic mass is 10.2. The fourth-order valence-corrected chi connectivity index (χ4v) is 2.01. The summed E-state index contributed by atoms with van der Waals surface area (Å²) in [5.74, 6) is 0.0385. The van der Waals surface area contributed by atoms with Crippen molar-refractivity contribution in [1.82, 2.24) is 5.43 Å². The molecule has 0 fully saturated rings. The van der Waals surface area contributed by atoms with Gasteiger partial charge in [0.25, 0.3) is 5.91 Å². The van der Waals surface area contributed by atoms with Gasteiger partial charge in [0, 0.05) is 5.02 Å². The molecular weight excluding hydrogens is 327 g/mol. The molecule has 0 heterocycles. The maximum absolute atomic E-state index is 11.6. The molecule has 2 aromatic carbocycles. The molecular formula is C15H12Cl2N2O3. The van der Waals surface area contributed by atoms with Gasteiger partial charge >= 0.3 is 0 Å². The predicted molar refractivity (Wildman–Crippen MR) is 85.8 cm³/mol. The number of carbonyl (C=O) groups excluding carboxylic acids is 1. The summed E-state index contributed by atoms with van der Waals surface area (Å²) in [6, 6.07) is 11.2. The number of aromatic hydroxyl groups is 1. The van der Waals surface area contributed by atoms with Crippen LogP contribution in [0.3, 0.4) is 0 Å². The summed E-state index contributed by atoms with van der Waals surface area (Å²) in [7, 11) is 0. The van der Waals surface area contributed by atoms with Crippen molar-refractivity contribution in [3.8, 4) is 11.5 Å². The van der Waals surface area contributed by atoms with Crippen LogP contribution >= 0.6 is 23.2 Å². The van der Waals surface area contributed by atoms with E-state index in [1.807, 2.05) is 0 Å². The van der Waals surface area contributed by atoms with Gasteiger partial charge in [-0.3, -0.25) is 4.79 Å². The number of phenolic OH excluding ortho intramolecular Hbond substituents is 1. The average Bonchev–Trinajstić information content (AvgIpc) is 2.46. The van der Waals surface area contributed by atoms with Gasteiger partial charge in [0.05, 0.1) is 11.2 Å². The number of hydrazone groups is 1. The van der Waals surface area contributed by atoms with E-state index < -0.39 is 5.91 Å². The van der Waals surface area contributed by atoms with E-state index in [2.05, 4.69) is 10.5 Å². The standard InChI is InChI=1S/C15H12Cl2N2O3/c16-11-4-5-14(13(17)7-11)22-9-15(21)19-18-8-10-2-1-3-12(20)6-10/h1-8,20H,9H2,(H,19,21)/b18-8+. The van der Waals surface area contributed by atoms with Crippen LogP contribution in [0.15, 0.2) is 47.6 Å². The average molecular weight is 339 g/mol. The molecule has 5 nitrogen and oxygen atoms in total. The number of benzene rings is 2. The molecule has 22 heavy (non-hydrogen) atoms. The highest BCUT2D eigenvalue weighted by Gasteiger charge is 2.05. The molecule has 0 aliphatic heterocycles. The number of amides is 1. The van der Waals surface area contributed by atoms with Crippen LogP contribution in [0.25, 0.3) is 0 Å². The molecule has 0 aliphatic carbocycles. The van der Waals surface area contributed by atoms with Crippen molar-refractivity contribution in [2.24, 2.45) is 5.10 Å². The molecule has 0 radical (unpaired) electrons. The third-order valence-electron chi connectivity index (χ3n) is 2.53. The first-order valence-corrected chi connectivity index (χ1v) is 6.99. The predicted octanol–water partition coefficient (Wildman–Crippen LogP) is 3.23. The number of phenols is 1. The van der Waals surface area contributed by atoms with Crippen LogP contribution in [0.5, 0.6) is 11.5 Å². The zero-order chi connectivity index (χ0) is 15.9. The molecule has 0 aliphatic rings.